The summed E-state index contributed by atoms with van der Waals surface area (Å²) in [6.07, 6.45) is 3.59. The lowest BCUT2D eigenvalue weighted by Crippen LogP contribution is -2.20. The smallest absolute Gasteiger partial charge is 0.231 e. The summed E-state index contributed by atoms with van der Waals surface area (Å²) in [5.41, 5.74) is 2.74. The number of aromatic nitrogens is 3. The Labute approximate surface area is 172 Å². The van der Waals surface area contributed by atoms with Crippen molar-refractivity contribution >= 4 is 11.6 Å². The molecule has 0 amide bonds. The van der Waals surface area contributed by atoms with Crippen LogP contribution in [0.1, 0.15) is 17.2 Å². The molecule has 0 fully saturated rings. The summed E-state index contributed by atoms with van der Waals surface area (Å²) >= 11 is 0. The summed E-state index contributed by atoms with van der Waals surface area (Å²) < 4.78 is 29.2. The van der Waals surface area contributed by atoms with Gasteiger partial charge in [0, 0.05) is 11.3 Å². The maximum absolute atomic E-state index is 5.52. The normalized spacial score (nSPS) is 16.4. The Morgan fingerprint density at radius 1 is 1.00 bits per heavy atom. The van der Waals surface area contributed by atoms with Crippen LogP contribution in [0.4, 0.5) is 5.95 Å². The van der Waals surface area contributed by atoms with E-state index in [0.717, 1.165) is 22.6 Å². The van der Waals surface area contributed by atoms with Crippen LogP contribution in [0.15, 0.2) is 42.7 Å². The first-order valence-corrected chi connectivity index (χ1v) is 9.30. The molecule has 1 aromatic heterocycles. The predicted octanol–water partition coefficient (Wildman–Crippen LogP) is 3.09. The van der Waals surface area contributed by atoms with E-state index in [-0.39, 0.29) is 12.8 Å². The van der Waals surface area contributed by atoms with Gasteiger partial charge in [-0.1, -0.05) is 0 Å². The van der Waals surface area contributed by atoms with E-state index in [1.165, 1.54) is 6.33 Å². The van der Waals surface area contributed by atoms with Crippen molar-refractivity contribution < 1.29 is 23.7 Å². The first kappa shape index (κ1) is 18.2. The van der Waals surface area contributed by atoms with Gasteiger partial charge < -0.3 is 29.0 Å². The number of rotatable bonds is 5. The molecule has 0 radical (unpaired) electrons. The van der Waals surface area contributed by atoms with Crippen molar-refractivity contribution in [3.8, 4) is 28.7 Å². The van der Waals surface area contributed by atoms with Crippen molar-refractivity contribution in [1.29, 1.82) is 0 Å². The van der Waals surface area contributed by atoms with Gasteiger partial charge in [0.15, 0.2) is 23.0 Å². The molecule has 1 N–H and O–H groups in total. The van der Waals surface area contributed by atoms with Crippen LogP contribution in [-0.4, -0.2) is 42.9 Å². The van der Waals surface area contributed by atoms with Crippen molar-refractivity contribution in [2.24, 2.45) is 0 Å². The molecule has 154 valence electrons. The maximum Gasteiger partial charge on any atom is 0.231 e. The first-order chi connectivity index (χ1) is 14.7. The maximum atomic E-state index is 5.52. The lowest BCUT2D eigenvalue weighted by Gasteiger charge is -2.25. The van der Waals surface area contributed by atoms with Gasteiger partial charge >= 0.3 is 0 Å². The van der Waals surface area contributed by atoms with Gasteiger partial charge in [-0.15, -0.1) is 0 Å². The molecule has 2 aliphatic rings. The number of allylic oxidation sites excluding steroid dienone is 1. The molecule has 0 spiro atoms. The fourth-order valence-corrected chi connectivity index (χ4v) is 3.68. The minimum atomic E-state index is -0.238. The summed E-state index contributed by atoms with van der Waals surface area (Å²) in [5, 5.41) is 7.73. The molecule has 1 unspecified atom stereocenters. The van der Waals surface area contributed by atoms with E-state index < -0.39 is 0 Å². The number of ether oxygens (including phenoxy) is 5. The van der Waals surface area contributed by atoms with Crippen molar-refractivity contribution in [2.45, 2.75) is 6.04 Å². The topological polar surface area (TPSA) is 88.9 Å². The molecule has 9 heteroatoms. The third-order valence-electron chi connectivity index (χ3n) is 5.12. The van der Waals surface area contributed by atoms with Crippen LogP contribution < -0.4 is 29.0 Å². The summed E-state index contributed by atoms with van der Waals surface area (Å²) in [6.45, 7) is 0.230. The van der Waals surface area contributed by atoms with Gasteiger partial charge in [-0.2, -0.15) is 10.1 Å². The summed E-state index contributed by atoms with van der Waals surface area (Å²) in [4.78, 5) is 4.36. The number of methoxy groups -OCH3 is 3. The highest BCUT2D eigenvalue weighted by atomic mass is 16.7. The quantitative estimate of drug-likeness (QED) is 0.689. The molecule has 3 aromatic rings. The Bertz CT molecular complexity index is 1120. The fraction of sp³-hybridized carbons (Fsp3) is 0.238. The molecular weight excluding hydrogens is 388 g/mol. The van der Waals surface area contributed by atoms with Crippen LogP contribution in [0.25, 0.3) is 5.70 Å². The lowest BCUT2D eigenvalue weighted by atomic mass is 10.0. The predicted molar refractivity (Wildman–Crippen MR) is 108 cm³/mol. The highest BCUT2D eigenvalue weighted by Gasteiger charge is 2.27. The zero-order valence-electron chi connectivity index (χ0n) is 16.7. The highest BCUT2D eigenvalue weighted by Crippen LogP contribution is 2.43. The number of benzene rings is 2. The summed E-state index contributed by atoms with van der Waals surface area (Å²) in [5.74, 6) is 3.77. The highest BCUT2D eigenvalue weighted by molar-refractivity contribution is 5.78. The number of fused-ring (bicyclic) bond motifs is 2. The summed E-state index contributed by atoms with van der Waals surface area (Å²) in [6, 6.07) is 9.41. The van der Waals surface area contributed by atoms with Gasteiger partial charge in [0.25, 0.3) is 0 Å². The molecule has 3 heterocycles. The average Bonchev–Trinajstić information content (AvgIpc) is 3.45. The first-order valence-electron chi connectivity index (χ1n) is 9.30. The van der Waals surface area contributed by atoms with E-state index in [0.29, 0.717) is 28.9 Å². The number of hydrogen-bond donors (Lipinski definition) is 1. The van der Waals surface area contributed by atoms with E-state index >= 15 is 0 Å². The zero-order chi connectivity index (χ0) is 20.7. The van der Waals surface area contributed by atoms with Gasteiger partial charge in [0.05, 0.1) is 21.3 Å². The van der Waals surface area contributed by atoms with Gasteiger partial charge in [-0.3, -0.25) is 0 Å². The molecule has 2 aliphatic heterocycles. The van der Waals surface area contributed by atoms with Crippen LogP contribution >= 0.6 is 0 Å². The van der Waals surface area contributed by atoms with E-state index in [1.807, 2.05) is 30.3 Å². The third kappa shape index (κ3) is 2.86. The molecule has 0 aliphatic carbocycles. The minimum absolute atomic E-state index is 0.230. The van der Waals surface area contributed by atoms with E-state index in [2.05, 4.69) is 21.5 Å². The Kier molecular flexibility index (Phi) is 4.35. The van der Waals surface area contributed by atoms with Crippen LogP contribution in [0.2, 0.25) is 0 Å². The van der Waals surface area contributed by atoms with Crippen molar-refractivity contribution in [3.05, 3.63) is 53.9 Å². The fourth-order valence-electron chi connectivity index (χ4n) is 3.68. The Morgan fingerprint density at radius 2 is 1.77 bits per heavy atom. The standard InChI is InChI=1S/C21H20N4O5/c1-26-18-7-13(8-19(27-2)20(18)28-3)15-9-14(24-21-22-10-23-25(15)21)12-4-5-16-17(6-12)30-11-29-16/h4-10,15H,11H2,1-3H3,(H,22,23,24). The molecule has 9 nitrogen and oxygen atoms in total. The molecule has 30 heavy (non-hydrogen) atoms. The van der Waals surface area contributed by atoms with E-state index in [1.54, 1.807) is 26.0 Å². The van der Waals surface area contributed by atoms with Crippen LogP contribution in [0.5, 0.6) is 28.7 Å². The van der Waals surface area contributed by atoms with Crippen LogP contribution in [0.3, 0.4) is 0 Å². The largest absolute Gasteiger partial charge is 0.493 e. The second kappa shape index (κ2) is 7.18. The molecule has 0 saturated carbocycles. The Morgan fingerprint density at radius 3 is 2.50 bits per heavy atom. The number of hydrogen-bond acceptors (Lipinski definition) is 8. The Hall–Kier alpha value is -3.88. The van der Waals surface area contributed by atoms with Gasteiger partial charge in [0.1, 0.15) is 12.4 Å². The molecule has 2 aromatic carbocycles. The number of nitrogens with zero attached hydrogens (tertiary/aromatic N) is 3. The van der Waals surface area contributed by atoms with Crippen LogP contribution in [-0.2, 0) is 0 Å². The Balaban J connectivity index is 1.62. The average molecular weight is 408 g/mol. The molecule has 0 saturated heterocycles. The number of anilines is 1. The van der Waals surface area contributed by atoms with Gasteiger partial charge in [0.2, 0.25) is 18.5 Å². The van der Waals surface area contributed by atoms with Gasteiger partial charge in [-0.25, -0.2) is 4.68 Å². The summed E-state index contributed by atoms with van der Waals surface area (Å²) in [7, 11) is 4.77. The van der Waals surface area contributed by atoms with E-state index in [4.69, 9.17) is 23.7 Å². The lowest BCUT2D eigenvalue weighted by molar-refractivity contribution is 0.174. The second-order valence-corrected chi connectivity index (χ2v) is 6.71. The van der Waals surface area contributed by atoms with E-state index in [9.17, 15) is 0 Å². The monoisotopic (exact) mass is 408 g/mol. The minimum Gasteiger partial charge on any atom is -0.493 e. The van der Waals surface area contributed by atoms with Crippen molar-refractivity contribution in [1.82, 2.24) is 14.8 Å². The van der Waals surface area contributed by atoms with Crippen molar-refractivity contribution in [3.63, 3.8) is 0 Å². The SMILES string of the molecule is COc1cc(C2C=C(c3ccc4c(c3)OCO4)Nc3ncnn32)cc(OC)c1OC. The second-order valence-electron chi connectivity index (χ2n) is 6.71. The van der Waals surface area contributed by atoms with Gasteiger partial charge in [-0.05, 0) is 42.0 Å². The molecule has 5 rings (SSSR count). The van der Waals surface area contributed by atoms with Crippen LogP contribution in [0, 0.1) is 0 Å². The van der Waals surface area contributed by atoms with Crippen molar-refractivity contribution in [2.75, 3.05) is 33.4 Å². The zero-order valence-corrected chi connectivity index (χ0v) is 16.7. The molecule has 1 atom stereocenters. The third-order valence-corrected chi connectivity index (χ3v) is 5.12. The molecular formula is C21H20N4O5. The number of nitrogens with one attached hydrogen (secondary N) is 1. The molecule has 0 bridgehead atoms.